The minimum absolute atomic E-state index is 0.903. The van der Waals surface area contributed by atoms with Crippen molar-refractivity contribution in [2.45, 2.75) is 0 Å². The molecule has 0 saturated carbocycles. The molecule has 0 saturated heterocycles. The minimum Gasteiger partial charge on any atom is -0.232 e. The van der Waals surface area contributed by atoms with Gasteiger partial charge in [-0.05, 0) is 24.3 Å². The summed E-state index contributed by atoms with van der Waals surface area (Å²) in [6.07, 6.45) is 4.15. The highest BCUT2D eigenvalue weighted by Gasteiger charge is 2.19. The molecule has 0 unspecified atom stereocenters. The van der Waals surface area contributed by atoms with E-state index >= 15 is 0 Å². The molecule has 3 heterocycles. The first kappa shape index (κ1) is 14.8. The van der Waals surface area contributed by atoms with E-state index in [0.717, 1.165) is 22.7 Å². The summed E-state index contributed by atoms with van der Waals surface area (Å²) < 4.78 is 8.50. The Kier molecular flexibility index (Phi) is 3.15. The third-order valence-corrected chi connectivity index (χ3v) is 4.83. The summed E-state index contributed by atoms with van der Waals surface area (Å²) in [4.78, 5) is 4.94. The predicted molar refractivity (Wildman–Crippen MR) is 100 cm³/mol. The smallest absolute Gasteiger partial charge is 0.232 e. The average Bonchev–Trinajstić information content (AvgIpc) is 3.20. The van der Waals surface area contributed by atoms with Gasteiger partial charge in [0.25, 0.3) is 12.7 Å². The molecule has 3 aromatic heterocycles. The Bertz CT molecular complexity index is 1170. The van der Waals surface area contributed by atoms with Crippen LogP contribution in [0.4, 0.5) is 0 Å². The Labute approximate surface area is 151 Å². The quantitative estimate of drug-likeness (QED) is 0.454. The zero-order chi connectivity index (χ0) is 17.7. The van der Waals surface area contributed by atoms with Crippen molar-refractivity contribution < 1.29 is 9.13 Å². The van der Waals surface area contributed by atoms with Crippen LogP contribution in [-0.2, 0) is 14.1 Å². The third kappa shape index (κ3) is 2.14. The maximum Gasteiger partial charge on any atom is 0.251 e. The molecule has 5 heteroatoms. The lowest BCUT2D eigenvalue weighted by Gasteiger charge is -1.99. The molecule has 0 aliphatic heterocycles. The zero-order valence-electron chi connectivity index (χ0n) is 14.7. The highest BCUT2D eigenvalue weighted by molar-refractivity contribution is 5.74. The normalized spacial score (nSPS) is 11.5. The van der Waals surface area contributed by atoms with Gasteiger partial charge in [0.1, 0.15) is 0 Å². The van der Waals surface area contributed by atoms with Crippen molar-refractivity contribution in [3.63, 3.8) is 0 Å². The monoisotopic (exact) mass is 341 g/mol. The summed E-state index contributed by atoms with van der Waals surface area (Å²) in [5.41, 5.74) is 4.64. The molecule has 0 aliphatic rings. The summed E-state index contributed by atoms with van der Waals surface area (Å²) in [6.45, 7) is 0. The molecule has 0 aliphatic carbocycles. The number of para-hydroxylation sites is 4. The first-order chi connectivity index (χ1) is 12.7. The lowest BCUT2D eigenvalue weighted by molar-refractivity contribution is -0.645. The average molecular weight is 341 g/mol. The van der Waals surface area contributed by atoms with E-state index in [2.05, 4.69) is 99.6 Å². The van der Waals surface area contributed by atoms with E-state index in [9.17, 15) is 0 Å². The van der Waals surface area contributed by atoms with E-state index in [1.807, 2.05) is 12.1 Å². The number of rotatable bonds is 2. The molecule has 0 bridgehead atoms. The van der Waals surface area contributed by atoms with Crippen LogP contribution in [0.3, 0.4) is 0 Å². The Morgan fingerprint density at radius 1 is 0.615 bits per heavy atom. The second-order valence-electron chi connectivity index (χ2n) is 6.52. The Balaban J connectivity index is 1.72. The van der Waals surface area contributed by atoms with Gasteiger partial charge in [-0.15, -0.1) is 0 Å². The maximum absolute atomic E-state index is 4.94. The van der Waals surface area contributed by atoms with E-state index in [-0.39, 0.29) is 0 Å². The number of hydrogen-bond acceptors (Lipinski definition) is 1. The van der Waals surface area contributed by atoms with Crippen molar-refractivity contribution in [2.75, 3.05) is 0 Å². The van der Waals surface area contributed by atoms with Crippen LogP contribution in [0.5, 0.6) is 0 Å². The van der Waals surface area contributed by atoms with E-state index in [1.165, 1.54) is 11.0 Å². The van der Waals surface area contributed by atoms with Gasteiger partial charge in [-0.2, -0.15) is 14.1 Å². The Hall–Kier alpha value is -3.47. The highest BCUT2D eigenvalue weighted by atomic mass is 15.2. The molecule has 0 radical (unpaired) electrons. The van der Waals surface area contributed by atoms with Gasteiger partial charge in [-0.3, -0.25) is 0 Å². The third-order valence-electron chi connectivity index (χ3n) is 4.83. The molecule has 26 heavy (non-hydrogen) atoms. The second kappa shape index (κ2) is 5.52. The van der Waals surface area contributed by atoms with Crippen molar-refractivity contribution in [2.24, 2.45) is 14.1 Å². The van der Waals surface area contributed by atoms with Crippen LogP contribution in [-0.4, -0.2) is 14.1 Å². The van der Waals surface area contributed by atoms with Crippen molar-refractivity contribution in [1.82, 2.24) is 14.1 Å². The van der Waals surface area contributed by atoms with Crippen LogP contribution in [0.1, 0.15) is 0 Å². The van der Waals surface area contributed by atoms with Crippen molar-refractivity contribution in [3.05, 3.63) is 79.4 Å². The fourth-order valence-corrected chi connectivity index (χ4v) is 3.57. The molecule has 0 fully saturated rings. The SMILES string of the molecule is C[n+]1cn(-c2cccc(-n3c[n+](C)c4ccccc43)n2)c2ccccc21. The molecule has 5 aromatic rings. The number of aromatic nitrogens is 5. The van der Waals surface area contributed by atoms with E-state index in [0.29, 0.717) is 0 Å². The molecule has 0 spiro atoms. The topological polar surface area (TPSA) is 30.5 Å². The predicted octanol–water partition coefficient (Wildman–Crippen LogP) is 2.62. The second-order valence-corrected chi connectivity index (χ2v) is 6.52. The number of pyridine rings is 1. The highest BCUT2D eigenvalue weighted by Crippen LogP contribution is 2.19. The van der Waals surface area contributed by atoms with Crippen molar-refractivity contribution in [3.8, 4) is 11.6 Å². The van der Waals surface area contributed by atoms with E-state index in [4.69, 9.17) is 4.98 Å². The molecule has 0 N–H and O–H groups in total. The van der Waals surface area contributed by atoms with Gasteiger partial charge in [-0.1, -0.05) is 30.3 Å². The summed E-state index contributed by atoms with van der Waals surface area (Å²) >= 11 is 0. The summed E-state index contributed by atoms with van der Waals surface area (Å²) in [6, 6.07) is 22.9. The summed E-state index contributed by atoms with van der Waals surface area (Å²) in [7, 11) is 4.12. The lowest BCUT2D eigenvalue weighted by Crippen LogP contribution is -2.25. The van der Waals surface area contributed by atoms with Gasteiger partial charge in [-0.25, -0.2) is 9.13 Å². The standard InChI is InChI=1S/C21H19N5/c1-23-14-25(18-10-5-3-8-16(18)23)20-12-7-13-21(22-20)26-15-24(2)17-9-4-6-11-19(17)26/h3-15H,1-2H3/q+2. The number of fused-ring (bicyclic) bond motifs is 2. The number of aryl methyl sites for hydroxylation is 2. The molecule has 5 nitrogen and oxygen atoms in total. The van der Waals surface area contributed by atoms with E-state index < -0.39 is 0 Å². The van der Waals surface area contributed by atoms with Crippen LogP contribution in [0.15, 0.2) is 79.4 Å². The van der Waals surface area contributed by atoms with Crippen LogP contribution in [0.25, 0.3) is 33.7 Å². The van der Waals surface area contributed by atoms with Gasteiger partial charge >= 0.3 is 0 Å². The van der Waals surface area contributed by atoms with Gasteiger partial charge < -0.3 is 0 Å². The zero-order valence-corrected chi connectivity index (χ0v) is 14.7. The van der Waals surface area contributed by atoms with E-state index in [1.54, 1.807) is 0 Å². The van der Waals surface area contributed by atoms with Crippen LogP contribution < -0.4 is 9.13 Å². The molecular weight excluding hydrogens is 322 g/mol. The summed E-state index contributed by atoms with van der Waals surface area (Å²) in [5.74, 6) is 1.81. The first-order valence-electron chi connectivity index (χ1n) is 8.61. The molecular formula is C21H19N5+2. The number of nitrogens with zero attached hydrogens (tertiary/aromatic N) is 5. The van der Waals surface area contributed by atoms with Gasteiger partial charge in [0.15, 0.2) is 22.1 Å². The van der Waals surface area contributed by atoms with Crippen LogP contribution >= 0.6 is 0 Å². The molecule has 2 aromatic carbocycles. The Morgan fingerprint density at radius 2 is 1.08 bits per heavy atom. The van der Waals surface area contributed by atoms with Crippen molar-refractivity contribution in [1.29, 1.82) is 0 Å². The first-order valence-corrected chi connectivity index (χ1v) is 8.61. The maximum atomic E-state index is 4.94. The number of benzene rings is 2. The van der Waals surface area contributed by atoms with Gasteiger partial charge in [0.2, 0.25) is 11.6 Å². The van der Waals surface area contributed by atoms with Crippen molar-refractivity contribution >= 4 is 22.1 Å². The molecule has 0 atom stereocenters. The number of imidazole rings is 2. The lowest BCUT2D eigenvalue weighted by atomic mass is 10.3. The van der Waals surface area contributed by atoms with Gasteiger partial charge in [0.05, 0.1) is 14.1 Å². The fourth-order valence-electron chi connectivity index (χ4n) is 3.57. The minimum atomic E-state index is 0.903. The van der Waals surface area contributed by atoms with Crippen LogP contribution in [0, 0.1) is 0 Å². The number of hydrogen-bond donors (Lipinski definition) is 0. The molecule has 126 valence electrons. The van der Waals surface area contributed by atoms with Gasteiger partial charge in [0, 0.05) is 12.1 Å². The summed E-state index contributed by atoms with van der Waals surface area (Å²) in [5, 5.41) is 0. The Morgan fingerprint density at radius 3 is 1.58 bits per heavy atom. The molecule has 5 rings (SSSR count). The van der Waals surface area contributed by atoms with Crippen LogP contribution in [0.2, 0.25) is 0 Å². The molecule has 0 amide bonds. The fraction of sp³-hybridized carbons (Fsp3) is 0.0952. The largest absolute Gasteiger partial charge is 0.251 e.